The van der Waals surface area contributed by atoms with Gasteiger partial charge in [-0.1, -0.05) is 0 Å². The lowest BCUT2D eigenvalue weighted by Gasteiger charge is -2.15. The van der Waals surface area contributed by atoms with Crippen LogP contribution in [0.5, 0.6) is 0 Å². The van der Waals surface area contributed by atoms with E-state index in [-0.39, 0.29) is 5.54 Å². The van der Waals surface area contributed by atoms with Crippen LogP contribution in [0.25, 0.3) is 10.2 Å². The first-order valence-corrected chi connectivity index (χ1v) is 5.34. The molecule has 0 bridgehead atoms. The van der Waals surface area contributed by atoms with Crippen LogP contribution in [0.15, 0.2) is 18.5 Å². The number of pyridine rings is 1. The van der Waals surface area contributed by atoms with Crippen LogP contribution in [0.2, 0.25) is 0 Å². The molecule has 2 rings (SSSR count). The van der Waals surface area contributed by atoms with Gasteiger partial charge in [0.15, 0.2) is 0 Å². The van der Waals surface area contributed by atoms with Crippen LogP contribution in [0.4, 0.5) is 0 Å². The molecular formula is C10H13N3S. The van der Waals surface area contributed by atoms with Gasteiger partial charge < -0.3 is 5.73 Å². The third kappa shape index (κ3) is 2.08. The van der Waals surface area contributed by atoms with Crippen molar-refractivity contribution < 1.29 is 0 Å². The Hall–Kier alpha value is -1.00. The summed E-state index contributed by atoms with van der Waals surface area (Å²) in [7, 11) is 0. The Labute approximate surface area is 87.0 Å². The monoisotopic (exact) mass is 207 g/mol. The Morgan fingerprint density at radius 3 is 2.93 bits per heavy atom. The molecule has 0 spiro atoms. The fraction of sp³-hybridized carbons (Fsp3) is 0.400. The van der Waals surface area contributed by atoms with Crippen molar-refractivity contribution in [3.63, 3.8) is 0 Å². The van der Waals surface area contributed by atoms with Gasteiger partial charge in [-0.15, -0.1) is 11.3 Å². The molecule has 0 fully saturated rings. The van der Waals surface area contributed by atoms with Gasteiger partial charge in [0.05, 0.1) is 21.4 Å². The van der Waals surface area contributed by atoms with Crippen molar-refractivity contribution in [2.24, 2.45) is 5.73 Å². The summed E-state index contributed by atoms with van der Waals surface area (Å²) in [4.78, 5) is 8.51. The van der Waals surface area contributed by atoms with E-state index < -0.39 is 0 Å². The number of nitrogens with zero attached hydrogens (tertiary/aromatic N) is 2. The predicted molar refractivity (Wildman–Crippen MR) is 59.4 cm³/mol. The van der Waals surface area contributed by atoms with Crippen molar-refractivity contribution >= 4 is 21.6 Å². The highest BCUT2D eigenvalue weighted by molar-refractivity contribution is 7.18. The molecule has 2 N–H and O–H groups in total. The average molecular weight is 207 g/mol. The minimum atomic E-state index is -0.193. The summed E-state index contributed by atoms with van der Waals surface area (Å²) in [6.45, 7) is 4.02. The predicted octanol–water partition coefficient (Wildman–Crippen LogP) is 1.97. The van der Waals surface area contributed by atoms with E-state index in [4.69, 9.17) is 5.73 Å². The lowest BCUT2D eigenvalue weighted by molar-refractivity contribution is 0.516. The summed E-state index contributed by atoms with van der Waals surface area (Å²) < 4.78 is 1.18. The lowest BCUT2D eigenvalue weighted by atomic mass is 10.0. The Bertz CT molecular complexity index is 409. The second kappa shape index (κ2) is 3.29. The van der Waals surface area contributed by atoms with Crippen molar-refractivity contribution in [2.75, 3.05) is 0 Å². The lowest BCUT2D eigenvalue weighted by Crippen LogP contribution is -2.34. The largest absolute Gasteiger partial charge is 0.325 e. The Morgan fingerprint density at radius 1 is 1.50 bits per heavy atom. The Balaban J connectivity index is 2.36. The molecule has 4 heteroatoms. The zero-order valence-electron chi connectivity index (χ0n) is 8.32. The average Bonchev–Trinajstić information content (AvgIpc) is 2.42. The number of hydrogen-bond donors (Lipinski definition) is 1. The van der Waals surface area contributed by atoms with Crippen molar-refractivity contribution in [3.8, 4) is 0 Å². The molecule has 0 atom stereocenters. The second-order valence-corrected chi connectivity index (χ2v) is 5.23. The summed E-state index contributed by atoms with van der Waals surface area (Å²) in [5.41, 5.74) is 6.72. The summed E-state index contributed by atoms with van der Waals surface area (Å²) >= 11 is 1.69. The first-order valence-electron chi connectivity index (χ1n) is 4.53. The van der Waals surface area contributed by atoms with E-state index in [0.29, 0.717) is 0 Å². The van der Waals surface area contributed by atoms with Crippen molar-refractivity contribution in [3.05, 3.63) is 23.5 Å². The summed E-state index contributed by atoms with van der Waals surface area (Å²) in [5.74, 6) is 0. The number of nitrogens with two attached hydrogens (primary N) is 1. The van der Waals surface area contributed by atoms with Gasteiger partial charge >= 0.3 is 0 Å². The quantitative estimate of drug-likeness (QED) is 0.819. The number of aromatic nitrogens is 2. The zero-order valence-corrected chi connectivity index (χ0v) is 9.14. The van der Waals surface area contributed by atoms with Crippen LogP contribution in [-0.2, 0) is 6.42 Å². The van der Waals surface area contributed by atoms with Gasteiger partial charge in [-0.2, -0.15) is 0 Å². The number of thiazole rings is 1. The van der Waals surface area contributed by atoms with Gasteiger partial charge in [-0.05, 0) is 19.9 Å². The number of hydrogen-bond acceptors (Lipinski definition) is 4. The molecule has 0 unspecified atom stereocenters. The van der Waals surface area contributed by atoms with Gasteiger partial charge in [0.25, 0.3) is 0 Å². The minimum absolute atomic E-state index is 0.193. The highest BCUT2D eigenvalue weighted by Gasteiger charge is 2.14. The molecule has 0 radical (unpaired) electrons. The summed E-state index contributed by atoms with van der Waals surface area (Å²) in [5, 5.41) is 1.08. The van der Waals surface area contributed by atoms with Crippen LogP contribution in [0.3, 0.4) is 0 Å². The highest BCUT2D eigenvalue weighted by Crippen LogP contribution is 2.23. The molecule has 0 aliphatic heterocycles. The molecular weight excluding hydrogens is 194 g/mol. The number of rotatable bonds is 2. The second-order valence-electron chi connectivity index (χ2n) is 4.12. The SMILES string of the molecule is CC(C)(N)Cc1nc2cnccc2s1. The molecule has 3 nitrogen and oxygen atoms in total. The van der Waals surface area contributed by atoms with E-state index in [0.717, 1.165) is 16.9 Å². The van der Waals surface area contributed by atoms with Gasteiger partial charge in [0.2, 0.25) is 0 Å². The summed E-state index contributed by atoms with van der Waals surface area (Å²) in [6.07, 6.45) is 4.39. The van der Waals surface area contributed by atoms with Gasteiger partial charge in [-0.25, -0.2) is 4.98 Å². The van der Waals surface area contributed by atoms with E-state index in [1.807, 2.05) is 19.9 Å². The number of fused-ring (bicyclic) bond motifs is 1. The molecule has 0 saturated heterocycles. The third-order valence-electron chi connectivity index (χ3n) is 1.84. The fourth-order valence-corrected chi connectivity index (χ4v) is 2.47. The van der Waals surface area contributed by atoms with Crippen LogP contribution in [-0.4, -0.2) is 15.5 Å². The molecule has 74 valence electrons. The van der Waals surface area contributed by atoms with Gasteiger partial charge in [0.1, 0.15) is 0 Å². The Morgan fingerprint density at radius 2 is 2.29 bits per heavy atom. The van der Waals surface area contributed by atoms with E-state index >= 15 is 0 Å². The molecule has 14 heavy (non-hydrogen) atoms. The first-order chi connectivity index (χ1) is 6.54. The molecule has 2 aromatic rings. The smallest absolute Gasteiger partial charge is 0.0998 e. The molecule has 2 heterocycles. The summed E-state index contributed by atoms with van der Waals surface area (Å²) in [6, 6.07) is 1.99. The third-order valence-corrected chi connectivity index (χ3v) is 2.88. The Kier molecular flexibility index (Phi) is 2.25. The fourth-order valence-electron chi connectivity index (χ4n) is 1.29. The molecule has 0 aliphatic rings. The molecule has 0 saturated carbocycles. The standard InChI is InChI=1S/C10H13N3S/c1-10(2,11)5-9-13-7-6-12-4-3-8(7)14-9/h3-4,6H,5,11H2,1-2H3. The zero-order chi connectivity index (χ0) is 10.2. The maximum Gasteiger partial charge on any atom is 0.0998 e. The highest BCUT2D eigenvalue weighted by atomic mass is 32.1. The van der Waals surface area contributed by atoms with E-state index in [2.05, 4.69) is 9.97 Å². The van der Waals surface area contributed by atoms with E-state index in [9.17, 15) is 0 Å². The van der Waals surface area contributed by atoms with Gasteiger partial charge in [0, 0.05) is 18.2 Å². The van der Waals surface area contributed by atoms with Crippen LogP contribution >= 0.6 is 11.3 Å². The van der Waals surface area contributed by atoms with Crippen LogP contribution in [0.1, 0.15) is 18.9 Å². The van der Waals surface area contributed by atoms with E-state index in [1.54, 1.807) is 23.7 Å². The van der Waals surface area contributed by atoms with Crippen molar-refractivity contribution in [1.29, 1.82) is 0 Å². The minimum Gasteiger partial charge on any atom is -0.325 e. The van der Waals surface area contributed by atoms with E-state index in [1.165, 1.54) is 4.70 Å². The van der Waals surface area contributed by atoms with Gasteiger partial charge in [-0.3, -0.25) is 4.98 Å². The van der Waals surface area contributed by atoms with Crippen LogP contribution in [0, 0.1) is 0 Å². The van der Waals surface area contributed by atoms with Crippen molar-refractivity contribution in [2.45, 2.75) is 25.8 Å². The molecule has 0 amide bonds. The molecule has 0 aromatic carbocycles. The normalized spacial score (nSPS) is 12.2. The van der Waals surface area contributed by atoms with Crippen molar-refractivity contribution in [1.82, 2.24) is 9.97 Å². The van der Waals surface area contributed by atoms with Crippen LogP contribution < -0.4 is 5.73 Å². The maximum atomic E-state index is 5.94. The molecule has 0 aliphatic carbocycles. The first kappa shape index (κ1) is 9.55. The maximum absolute atomic E-state index is 5.94. The topological polar surface area (TPSA) is 51.8 Å². The molecule has 2 aromatic heterocycles.